The molecule has 100 valence electrons. The Kier molecular flexibility index (Phi) is 4.53. The van der Waals surface area contributed by atoms with Crippen LogP contribution in [0.4, 0.5) is 0 Å². The van der Waals surface area contributed by atoms with E-state index in [9.17, 15) is 9.59 Å². The lowest BCUT2D eigenvalue weighted by Crippen LogP contribution is -2.25. The lowest BCUT2D eigenvalue weighted by atomic mass is 9.93. The van der Waals surface area contributed by atoms with E-state index in [4.69, 9.17) is 9.47 Å². The van der Waals surface area contributed by atoms with Crippen LogP contribution in [0.2, 0.25) is 0 Å². The van der Waals surface area contributed by atoms with Crippen LogP contribution in [0.1, 0.15) is 39.0 Å². The van der Waals surface area contributed by atoms with Gasteiger partial charge in [0.15, 0.2) is 0 Å². The van der Waals surface area contributed by atoms with Gasteiger partial charge in [0.1, 0.15) is 6.29 Å². The number of aldehydes is 1. The Morgan fingerprint density at radius 2 is 2.28 bits per heavy atom. The van der Waals surface area contributed by atoms with Crippen molar-refractivity contribution in [2.45, 2.75) is 45.1 Å². The van der Waals surface area contributed by atoms with Gasteiger partial charge in [0.2, 0.25) is 0 Å². The third-order valence-corrected chi connectivity index (χ3v) is 3.57. The highest BCUT2D eigenvalue weighted by atomic mass is 16.5. The summed E-state index contributed by atoms with van der Waals surface area (Å²) in [5.41, 5.74) is 1.62. The Bertz CT molecular complexity index is 355. The van der Waals surface area contributed by atoms with Crippen molar-refractivity contribution in [3.05, 3.63) is 11.1 Å². The minimum atomic E-state index is -0.337. The summed E-state index contributed by atoms with van der Waals surface area (Å²) >= 11 is 0. The van der Waals surface area contributed by atoms with E-state index >= 15 is 0 Å². The summed E-state index contributed by atoms with van der Waals surface area (Å²) in [5.74, 6) is 0.316. The van der Waals surface area contributed by atoms with Crippen molar-refractivity contribution < 1.29 is 19.1 Å². The predicted octanol–water partition coefficient (Wildman–Crippen LogP) is 2.02. The van der Waals surface area contributed by atoms with Gasteiger partial charge in [-0.1, -0.05) is 5.57 Å². The Morgan fingerprint density at radius 1 is 1.50 bits per heavy atom. The molecule has 0 bridgehead atoms. The van der Waals surface area contributed by atoms with Crippen molar-refractivity contribution in [2.75, 3.05) is 13.2 Å². The van der Waals surface area contributed by atoms with Crippen molar-refractivity contribution in [1.29, 1.82) is 0 Å². The molecule has 2 aliphatic rings. The monoisotopic (exact) mass is 252 g/mol. The van der Waals surface area contributed by atoms with Gasteiger partial charge in [0, 0.05) is 12.0 Å². The molecule has 0 spiro atoms. The zero-order valence-electron chi connectivity index (χ0n) is 10.8. The van der Waals surface area contributed by atoms with Gasteiger partial charge >= 0.3 is 5.97 Å². The van der Waals surface area contributed by atoms with E-state index < -0.39 is 0 Å². The second kappa shape index (κ2) is 6.14. The highest BCUT2D eigenvalue weighted by molar-refractivity contribution is 5.92. The zero-order chi connectivity index (χ0) is 13.0. The summed E-state index contributed by atoms with van der Waals surface area (Å²) in [6.45, 7) is 2.77. The Balaban J connectivity index is 2.11. The number of esters is 1. The average Bonchev–Trinajstić information content (AvgIpc) is 3.20. The molecule has 0 radical (unpaired) electrons. The summed E-state index contributed by atoms with van der Waals surface area (Å²) in [4.78, 5) is 22.6. The van der Waals surface area contributed by atoms with Gasteiger partial charge in [0.25, 0.3) is 0 Å². The van der Waals surface area contributed by atoms with Crippen LogP contribution in [0.5, 0.6) is 0 Å². The number of carbonyl (C=O) groups excluding carboxylic acids is 2. The van der Waals surface area contributed by atoms with Gasteiger partial charge in [-0.2, -0.15) is 0 Å². The topological polar surface area (TPSA) is 52.6 Å². The zero-order valence-corrected chi connectivity index (χ0v) is 10.8. The maximum Gasteiger partial charge on any atom is 0.334 e. The first-order chi connectivity index (χ1) is 8.76. The van der Waals surface area contributed by atoms with Crippen molar-refractivity contribution in [3.63, 3.8) is 0 Å². The first-order valence-electron chi connectivity index (χ1n) is 6.69. The van der Waals surface area contributed by atoms with Gasteiger partial charge < -0.3 is 14.3 Å². The molecular formula is C14H20O4. The van der Waals surface area contributed by atoms with E-state index in [0.717, 1.165) is 24.7 Å². The number of rotatable bonds is 5. The highest BCUT2D eigenvalue weighted by Crippen LogP contribution is 2.40. The van der Waals surface area contributed by atoms with Gasteiger partial charge in [-0.25, -0.2) is 4.79 Å². The van der Waals surface area contributed by atoms with E-state index in [2.05, 4.69) is 0 Å². The molecule has 0 N–H and O–H groups in total. The van der Waals surface area contributed by atoms with Crippen molar-refractivity contribution in [1.82, 2.24) is 0 Å². The van der Waals surface area contributed by atoms with Crippen LogP contribution >= 0.6 is 0 Å². The summed E-state index contributed by atoms with van der Waals surface area (Å²) in [6, 6.07) is 0. The highest BCUT2D eigenvalue weighted by Gasteiger charge is 2.35. The quantitative estimate of drug-likeness (QED) is 0.427. The van der Waals surface area contributed by atoms with Crippen molar-refractivity contribution in [3.8, 4) is 0 Å². The molecule has 0 aromatic heterocycles. The summed E-state index contributed by atoms with van der Waals surface area (Å²) in [7, 11) is 0. The minimum Gasteiger partial charge on any atom is -0.463 e. The summed E-state index contributed by atoms with van der Waals surface area (Å²) < 4.78 is 10.8. The van der Waals surface area contributed by atoms with Crippen LogP contribution in [0.15, 0.2) is 11.1 Å². The maximum atomic E-state index is 11.8. The maximum absolute atomic E-state index is 11.8. The second-order valence-corrected chi connectivity index (χ2v) is 4.87. The molecule has 1 aliphatic heterocycles. The van der Waals surface area contributed by atoms with Gasteiger partial charge in [-0.05, 0) is 38.5 Å². The fourth-order valence-electron chi connectivity index (χ4n) is 2.46. The number of hydrogen-bond donors (Lipinski definition) is 0. The second-order valence-electron chi connectivity index (χ2n) is 4.87. The molecule has 4 heteroatoms. The van der Waals surface area contributed by atoms with Crippen LogP contribution in [0.3, 0.4) is 0 Å². The standard InChI is InChI=1S/C14H20O4/c1-2-17-14(16)12(5-7-15)11-6-8-18-13(9-11)10-3-4-10/h7,10,13H,2-6,8-9H2,1H3/b12-11+. The molecule has 4 nitrogen and oxygen atoms in total. The van der Waals surface area contributed by atoms with E-state index in [-0.39, 0.29) is 18.5 Å². The normalized spacial score (nSPS) is 26.6. The molecule has 1 unspecified atom stereocenters. The third-order valence-electron chi connectivity index (χ3n) is 3.57. The molecule has 1 heterocycles. The predicted molar refractivity (Wildman–Crippen MR) is 66.0 cm³/mol. The molecule has 0 aromatic rings. The molecule has 0 aromatic carbocycles. The fraction of sp³-hybridized carbons (Fsp3) is 0.714. The molecule has 2 rings (SSSR count). The lowest BCUT2D eigenvalue weighted by Gasteiger charge is -2.26. The molecule has 1 saturated carbocycles. The molecule has 1 aliphatic carbocycles. The van der Waals surface area contributed by atoms with E-state index in [0.29, 0.717) is 24.7 Å². The van der Waals surface area contributed by atoms with Crippen LogP contribution in [-0.4, -0.2) is 31.6 Å². The first-order valence-corrected chi connectivity index (χ1v) is 6.69. The molecular weight excluding hydrogens is 232 g/mol. The SMILES string of the molecule is CCOC(=O)/C(CC=O)=C1\CCOC(C2CC2)C1. The van der Waals surface area contributed by atoms with Crippen LogP contribution in [0, 0.1) is 5.92 Å². The molecule has 2 fully saturated rings. The summed E-state index contributed by atoms with van der Waals surface area (Å²) in [5, 5.41) is 0. The lowest BCUT2D eigenvalue weighted by molar-refractivity contribution is -0.139. The molecule has 1 saturated heterocycles. The molecule has 1 atom stereocenters. The molecule has 0 amide bonds. The van der Waals surface area contributed by atoms with Crippen molar-refractivity contribution in [2.24, 2.45) is 5.92 Å². The van der Waals surface area contributed by atoms with Gasteiger partial charge in [-0.3, -0.25) is 0 Å². The first kappa shape index (κ1) is 13.3. The van der Waals surface area contributed by atoms with E-state index in [1.807, 2.05) is 0 Å². The average molecular weight is 252 g/mol. The smallest absolute Gasteiger partial charge is 0.334 e. The van der Waals surface area contributed by atoms with Gasteiger partial charge in [-0.15, -0.1) is 0 Å². The third kappa shape index (κ3) is 3.19. The number of hydrogen-bond acceptors (Lipinski definition) is 4. The van der Waals surface area contributed by atoms with Gasteiger partial charge in [0.05, 0.1) is 19.3 Å². The van der Waals surface area contributed by atoms with Crippen LogP contribution in [0.25, 0.3) is 0 Å². The summed E-state index contributed by atoms with van der Waals surface area (Å²) in [6.07, 6.45) is 5.15. The minimum absolute atomic E-state index is 0.158. The number of ether oxygens (including phenoxy) is 2. The Labute approximate surface area is 107 Å². The largest absolute Gasteiger partial charge is 0.463 e. The fourth-order valence-corrected chi connectivity index (χ4v) is 2.46. The van der Waals surface area contributed by atoms with Crippen LogP contribution in [-0.2, 0) is 19.1 Å². The number of carbonyl (C=O) groups is 2. The Morgan fingerprint density at radius 3 is 2.89 bits per heavy atom. The van der Waals surface area contributed by atoms with E-state index in [1.54, 1.807) is 6.92 Å². The Hall–Kier alpha value is -1.16. The van der Waals surface area contributed by atoms with E-state index in [1.165, 1.54) is 12.8 Å². The van der Waals surface area contributed by atoms with Crippen molar-refractivity contribution >= 4 is 12.3 Å². The van der Waals surface area contributed by atoms with Crippen LogP contribution < -0.4 is 0 Å². The molecule has 18 heavy (non-hydrogen) atoms.